The Morgan fingerprint density at radius 2 is 2.35 bits per heavy atom. The first-order chi connectivity index (χ1) is 11.1. The van der Waals surface area contributed by atoms with Gasteiger partial charge in [-0.15, -0.1) is 0 Å². The average molecular weight is 324 g/mol. The smallest absolute Gasteiger partial charge is 0.234 e. The molecule has 6 heteroatoms. The molecule has 0 radical (unpaired) electrons. The number of carbonyl (C=O) groups is 1. The highest BCUT2D eigenvalue weighted by Gasteiger charge is 2.32. The van der Waals surface area contributed by atoms with Crippen LogP contribution in [0.3, 0.4) is 0 Å². The number of hydrogen-bond acceptors (Lipinski definition) is 4. The van der Waals surface area contributed by atoms with Gasteiger partial charge in [0.1, 0.15) is 11.9 Å². The van der Waals surface area contributed by atoms with Crippen molar-refractivity contribution in [2.75, 3.05) is 26.3 Å². The molecule has 0 spiro atoms. The Balaban J connectivity index is 1.80. The molecule has 0 unspecified atom stereocenters. The Morgan fingerprint density at radius 3 is 3.09 bits per heavy atom. The molecule has 1 aliphatic rings. The van der Waals surface area contributed by atoms with Crippen LogP contribution < -0.4 is 10.1 Å². The summed E-state index contributed by atoms with van der Waals surface area (Å²) in [5.74, 6) is 0.621. The molecule has 0 aliphatic carbocycles. The molecule has 128 valence electrons. The Labute approximate surface area is 136 Å². The van der Waals surface area contributed by atoms with Crippen molar-refractivity contribution in [3.63, 3.8) is 0 Å². The van der Waals surface area contributed by atoms with E-state index in [2.05, 4.69) is 5.32 Å². The molecule has 1 aliphatic heterocycles. The molecule has 23 heavy (non-hydrogen) atoms. The van der Waals surface area contributed by atoms with E-state index < -0.39 is 6.17 Å². The summed E-state index contributed by atoms with van der Waals surface area (Å²) < 4.78 is 18.9. The summed E-state index contributed by atoms with van der Waals surface area (Å²) in [5, 5.41) is 12.1. The highest BCUT2D eigenvalue weighted by atomic mass is 19.1. The van der Waals surface area contributed by atoms with Crippen molar-refractivity contribution in [3.8, 4) is 5.75 Å². The van der Waals surface area contributed by atoms with E-state index in [1.54, 1.807) is 4.90 Å². The van der Waals surface area contributed by atoms with Crippen LogP contribution in [-0.2, 0) is 11.3 Å². The first kappa shape index (κ1) is 17.7. The molecule has 1 heterocycles. The Morgan fingerprint density at radius 1 is 1.52 bits per heavy atom. The SMILES string of the molecule is CCCOc1cccc(CNC(=O)CN2C[C@@H](F)C[C@H]2CO)c1. The van der Waals surface area contributed by atoms with Crippen LogP contribution in [-0.4, -0.2) is 54.4 Å². The van der Waals surface area contributed by atoms with Crippen LogP contribution in [0.2, 0.25) is 0 Å². The highest BCUT2D eigenvalue weighted by molar-refractivity contribution is 5.78. The zero-order valence-electron chi connectivity index (χ0n) is 13.5. The summed E-state index contributed by atoms with van der Waals surface area (Å²) in [6.07, 6.45) is 0.270. The van der Waals surface area contributed by atoms with Gasteiger partial charge in [-0.3, -0.25) is 9.69 Å². The topological polar surface area (TPSA) is 61.8 Å². The van der Waals surface area contributed by atoms with Crippen molar-refractivity contribution in [2.24, 2.45) is 0 Å². The number of halogens is 1. The first-order valence-corrected chi connectivity index (χ1v) is 8.09. The van der Waals surface area contributed by atoms with Crippen molar-refractivity contribution in [3.05, 3.63) is 29.8 Å². The lowest BCUT2D eigenvalue weighted by atomic mass is 10.2. The number of ether oxygens (including phenoxy) is 1. The third kappa shape index (κ3) is 5.48. The van der Waals surface area contributed by atoms with Gasteiger partial charge in [0, 0.05) is 19.1 Å². The van der Waals surface area contributed by atoms with Gasteiger partial charge in [0.05, 0.1) is 19.8 Å². The fraction of sp³-hybridized carbons (Fsp3) is 0.588. The summed E-state index contributed by atoms with van der Waals surface area (Å²) in [6, 6.07) is 7.34. The molecule has 5 nitrogen and oxygen atoms in total. The monoisotopic (exact) mass is 324 g/mol. The standard InChI is InChI=1S/C17H25FN2O3/c1-2-6-23-16-5-3-4-13(7-16)9-19-17(22)11-20-10-14(18)8-15(20)12-21/h3-5,7,14-15,21H,2,6,8-12H2,1H3,(H,19,22)/t14-,15-/m0/s1. The maximum Gasteiger partial charge on any atom is 0.234 e. The van der Waals surface area contributed by atoms with Gasteiger partial charge < -0.3 is 15.2 Å². The van der Waals surface area contributed by atoms with Crippen molar-refractivity contribution in [2.45, 2.75) is 38.5 Å². The predicted octanol–water partition coefficient (Wildman–Crippen LogP) is 1.50. The number of carbonyl (C=O) groups excluding carboxylic acids is 1. The number of aliphatic hydroxyl groups excluding tert-OH is 1. The number of nitrogens with one attached hydrogen (secondary N) is 1. The summed E-state index contributed by atoms with van der Waals surface area (Å²) in [7, 11) is 0. The minimum Gasteiger partial charge on any atom is -0.494 e. The van der Waals surface area contributed by atoms with Crippen molar-refractivity contribution >= 4 is 5.91 Å². The van der Waals surface area contributed by atoms with Gasteiger partial charge in [0.15, 0.2) is 0 Å². The molecule has 0 saturated carbocycles. The molecular formula is C17H25FN2O3. The molecule has 1 aromatic carbocycles. The van der Waals surface area contributed by atoms with Crippen LogP contribution in [0.5, 0.6) is 5.75 Å². The molecule has 1 fully saturated rings. The minimum absolute atomic E-state index is 0.109. The molecule has 1 aromatic rings. The van der Waals surface area contributed by atoms with Gasteiger partial charge in [0.2, 0.25) is 5.91 Å². The van der Waals surface area contributed by atoms with Gasteiger partial charge in [-0.1, -0.05) is 19.1 Å². The van der Waals surface area contributed by atoms with E-state index in [4.69, 9.17) is 4.74 Å². The molecule has 1 amide bonds. The van der Waals surface area contributed by atoms with Crippen molar-refractivity contribution < 1.29 is 19.0 Å². The largest absolute Gasteiger partial charge is 0.494 e. The van der Waals surface area contributed by atoms with E-state index in [0.29, 0.717) is 19.6 Å². The maximum absolute atomic E-state index is 13.4. The van der Waals surface area contributed by atoms with E-state index in [1.807, 2.05) is 31.2 Å². The van der Waals surface area contributed by atoms with E-state index in [9.17, 15) is 14.3 Å². The third-order valence-electron chi connectivity index (χ3n) is 3.90. The fourth-order valence-electron chi connectivity index (χ4n) is 2.71. The van der Waals surface area contributed by atoms with Crippen LogP contribution in [0.25, 0.3) is 0 Å². The van der Waals surface area contributed by atoms with Gasteiger partial charge in [0.25, 0.3) is 0 Å². The zero-order chi connectivity index (χ0) is 16.7. The normalized spacial score (nSPS) is 21.3. The quantitative estimate of drug-likeness (QED) is 0.761. The lowest BCUT2D eigenvalue weighted by Gasteiger charge is -2.21. The second-order valence-corrected chi connectivity index (χ2v) is 5.87. The van der Waals surface area contributed by atoms with Gasteiger partial charge in [-0.05, 0) is 30.5 Å². The molecular weight excluding hydrogens is 299 g/mol. The van der Waals surface area contributed by atoms with E-state index >= 15 is 0 Å². The lowest BCUT2D eigenvalue weighted by Crippen LogP contribution is -2.41. The maximum atomic E-state index is 13.4. The van der Waals surface area contributed by atoms with Gasteiger partial charge in [-0.2, -0.15) is 0 Å². The van der Waals surface area contributed by atoms with Crippen LogP contribution in [0, 0.1) is 0 Å². The highest BCUT2D eigenvalue weighted by Crippen LogP contribution is 2.19. The number of amides is 1. The van der Waals surface area contributed by atoms with Crippen LogP contribution in [0.4, 0.5) is 4.39 Å². The predicted molar refractivity (Wildman–Crippen MR) is 86.0 cm³/mol. The summed E-state index contributed by atoms with van der Waals surface area (Å²) in [6.45, 7) is 3.31. The zero-order valence-corrected chi connectivity index (χ0v) is 13.5. The molecule has 2 rings (SSSR count). The average Bonchev–Trinajstić information content (AvgIpc) is 2.91. The molecule has 0 aromatic heterocycles. The number of likely N-dealkylation sites (tertiary alicyclic amines) is 1. The van der Waals surface area contributed by atoms with E-state index in [-0.39, 0.29) is 31.6 Å². The summed E-state index contributed by atoms with van der Waals surface area (Å²) in [4.78, 5) is 13.7. The van der Waals surface area contributed by atoms with Crippen LogP contribution in [0.1, 0.15) is 25.3 Å². The lowest BCUT2D eigenvalue weighted by molar-refractivity contribution is -0.122. The van der Waals surface area contributed by atoms with Gasteiger partial charge >= 0.3 is 0 Å². The summed E-state index contributed by atoms with van der Waals surface area (Å²) >= 11 is 0. The number of benzene rings is 1. The minimum atomic E-state index is -0.965. The number of hydrogen-bond donors (Lipinski definition) is 2. The summed E-state index contributed by atoms with van der Waals surface area (Å²) in [5.41, 5.74) is 0.954. The Hall–Kier alpha value is -1.66. The van der Waals surface area contributed by atoms with Crippen molar-refractivity contribution in [1.29, 1.82) is 0 Å². The first-order valence-electron chi connectivity index (χ1n) is 8.09. The van der Waals surface area contributed by atoms with E-state index in [1.165, 1.54) is 0 Å². The van der Waals surface area contributed by atoms with Crippen LogP contribution in [0.15, 0.2) is 24.3 Å². The molecule has 1 saturated heterocycles. The van der Waals surface area contributed by atoms with Crippen molar-refractivity contribution in [1.82, 2.24) is 10.2 Å². The second-order valence-electron chi connectivity index (χ2n) is 5.87. The number of rotatable bonds is 8. The molecule has 2 N–H and O–H groups in total. The molecule has 2 atom stereocenters. The fourth-order valence-corrected chi connectivity index (χ4v) is 2.71. The third-order valence-corrected chi connectivity index (χ3v) is 3.90. The number of alkyl halides is 1. The van der Waals surface area contributed by atoms with Crippen LogP contribution >= 0.6 is 0 Å². The Kier molecular flexibility index (Phi) is 6.80. The number of aliphatic hydroxyl groups is 1. The molecule has 0 bridgehead atoms. The number of nitrogens with zero attached hydrogens (tertiary/aromatic N) is 1. The van der Waals surface area contributed by atoms with Gasteiger partial charge in [-0.25, -0.2) is 4.39 Å². The Bertz CT molecular complexity index is 512. The second kappa shape index (κ2) is 8.84. The van der Waals surface area contributed by atoms with E-state index in [0.717, 1.165) is 17.7 Å².